The number of ether oxygens (including phenoxy) is 3. The fourth-order valence-electron chi connectivity index (χ4n) is 5.26. The molecule has 234 valence electrons. The van der Waals surface area contributed by atoms with Gasteiger partial charge in [-0.05, 0) is 12.1 Å². The van der Waals surface area contributed by atoms with E-state index in [1.807, 2.05) is 0 Å². The number of benzene rings is 1. The number of thioether (sulfide) groups is 1. The lowest BCUT2D eigenvalue weighted by molar-refractivity contribution is -0.186. The number of methoxy groups -OCH3 is 1. The summed E-state index contributed by atoms with van der Waals surface area (Å²) in [5.41, 5.74) is 0.572. The third-order valence-corrected chi connectivity index (χ3v) is 9.33. The first kappa shape index (κ1) is 30.8. The Morgan fingerprint density at radius 2 is 1.66 bits per heavy atom. The second-order valence-corrected chi connectivity index (χ2v) is 11.9. The Bertz CT molecular complexity index is 1560. The van der Waals surface area contributed by atoms with Gasteiger partial charge in [0.1, 0.15) is 70.2 Å². The average Bonchev–Trinajstić information content (AvgIpc) is 3.72. The number of halogens is 3. The maximum absolute atomic E-state index is 14.1. The monoisotopic (exact) mass is 652 g/mol. The van der Waals surface area contributed by atoms with E-state index in [0.717, 1.165) is 12.1 Å². The van der Waals surface area contributed by atoms with E-state index in [1.165, 1.54) is 40.8 Å². The zero-order chi connectivity index (χ0) is 31.0. The molecule has 0 radical (unpaired) electrons. The molecule has 2 aliphatic rings. The van der Waals surface area contributed by atoms with Crippen LogP contribution in [-0.4, -0.2) is 117 Å². The van der Waals surface area contributed by atoms with Gasteiger partial charge in [0.2, 0.25) is 0 Å². The molecule has 5 heterocycles. The number of hydrogen-bond acceptors (Lipinski definition) is 13. The minimum absolute atomic E-state index is 0.0837. The molecule has 0 aliphatic carbocycles. The van der Waals surface area contributed by atoms with Gasteiger partial charge in [-0.1, -0.05) is 22.0 Å². The van der Waals surface area contributed by atoms with Crippen molar-refractivity contribution >= 4 is 23.4 Å². The summed E-state index contributed by atoms with van der Waals surface area (Å²) in [6.45, 7) is -0.178. The number of rotatable bonds is 8. The van der Waals surface area contributed by atoms with Crippen molar-refractivity contribution in [3.05, 3.63) is 59.9 Å². The standard InChI is InChI=1S/C26H27ClF2N8O6S/c1-41-25-22(37-7-16(32-35-37)12-2-14(28)21(27)15(29)3-12)24(40)19(8-38)43-26(25)44-20-10-42-9-18(23(20)39)36-6-17(33-34-36)13-4-30-11-31-5-13/h2-7,11,18-20,22-26,38-40H,8-10H2,1H3/t18-,19+,20+,22-,23+,24-,25+,26-/m0/s1. The van der Waals surface area contributed by atoms with Crippen LogP contribution in [0.2, 0.25) is 5.02 Å². The van der Waals surface area contributed by atoms with Crippen LogP contribution in [-0.2, 0) is 14.2 Å². The molecule has 6 rings (SSSR count). The minimum atomic E-state index is -1.30. The van der Waals surface area contributed by atoms with Crippen molar-refractivity contribution in [3.63, 3.8) is 0 Å². The van der Waals surface area contributed by atoms with Crippen molar-refractivity contribution in [2.24, 2.45) is 0 Å². The summed E-state index contributed by atoms with van der Waals surface area (Å²) in [6.07, 6.45) is 3.51. The van der Waals surface area contributed by atoms with Crippen LogP contribution in [0, 0.1) is 11.6 Å². The highest BCUT2D eigenvalue weighted by atomic mass is 35.5. The van der Waals surface area contributed by atoms with Crippen LogP contribution in [0.4, 0.5) is 8.78 Å². The predicted octanol–water partition coefficient (Wildman–Crippen LogP) is 1.29. The summed E-state index contributed by atoms with van der Waals surface area (Å²) in [5, 5.41) is 47.9. The molecule has 0 saturated carbocycles. The van der Waals surface area contributed by atoms with E-state index < -0.39 is 70.4 Å². The van der Waals surface area contributed by atoms with E-state index in [2.05, 4.69) is 30.6 Å². The number of aliphatic hydroxyl groups excluding tert-OH is 3. The fourth-order valence-corrected chi connectivity index (χ4v) is 6.86. The highest BCUT2D eigenvalue weighted by Gasteiger charge is 2.49. The summed E-state index contributed by atoms with van der Waals surface area (Å²) in [7, 11) is 1.42. The topological polar surface area (TPSA) is 176 Å². The fraction of sp³-hybridized carbons (Fsp3) is 0.462. The first-order valence-electron chi connectivity index (χ1n) is 13.4. The molecule has 2 fully saturated rings. The van der Waals surface area contributed by atoms with Crippen LogP contribution >= 0.6 is 23.4 Å². The van der Waals surface area contributed by atoms with Crippen molar-refractivity contribution < 1.29 is 38.3 Å². The van der Waals surface area contributed by atoms with Crippen molar-refractivity contribution in [1.82, 2.24) is 40.0 Å². The summed E-state index contributed by atoms with van der Waals surface area (Å²) in [4.78, 5) is 7.98. The molecule has 2 saturated heterocycles. The zero-order valence-corrected chi connectivity index (χ0v) is 24.5. The van der Waals surface area contributed by atoms with E-state index in [1.54, 1.807) is 18.6 Å². The highest BCUT2D eigenvalue weighted by molar-refractivity contribution is 8.00. The number of aliphatic hydroxyl groups is 3. The summed E-state index contributed by atoms with van der Waals surface area (Å²) >= 11 is 6.82. The van der Waals surface area contributed by atoms with Crippen molar-refractivity contribution in [3.8, 4) is 22.5 Å². The van der Waals surface area contributed by atoms with Gasteiger partial charge in [0.15, 0.2) is 0 Å². The Kier molecular flexibility index (Phi) is 9.16. The molecule has 0 amide bonds. The molecular formula is C26H27ClF2N8O6S. The lowest BCUT2D eigenvalue weighted by atomic mass is 9.97. The Hall–Kier alpha value is -3.16. The van der Waals surface area contributed by atoms with Gasteiger partial charge >= 0.3 is 0 Å². The first-order chi connectivity index (χ1) is 21.3. The summed E-state index contributed by atoms with van der Waals surface area (Å²) in [5.74, 6) is -1.92. The van der Waals surface area contributed by atoms with Gasteiger partial charge in [0.05, 0.1) is 43.6 Å². The van der Waals surface area contributed by atoms with E-state index in [9.17, 15) is 24.1 Å². The van der Waals surface area contributed by atoms with Gasteiger partial charge < -0.3 is 29.5 Å². The van der Waals surface area contributed by atoms with Gasteiger partial charge in [-0.3, -0.25) is 0 Å². The molecule has 1 aromatic carbocycles. The van der Waals surface area contributed by atoms with E-state index in [4.69, 9.17) is 25.8 Å². The number of hydrogen-bond donors (Lipinski definition) is 3. The Morgan fingerprint density at radius 3 is 2.34 bits per heavy atom. The molecule has 0 unspecified atom stereocenters. The minimum Gasteiger partial charge on any atom is -0.394 e. The van der Waals surface area contributed by atoms with Crippen LogP contribution in [0.3, 0.4) is 0 Å². The number of aromatic nitrogens is 8. The molecular weight excluding hydrogens is 626 g/mol. The van der Waals surface area contributed by atoms with Crippen LogP contribution in [0.1, 0.15) is 12.1 Å². The van der Waals surface area contributed by atoms with Crippen molar-refractivity contribution in [1.29, 1.82) is 0 Å². The van der Waals surface area contributed by atoms with Crippen molar-refractivity contribution in [2.75, 3.05) is 26.9 Å². The SMILES string of the molecule is CO[C@@H]1[C@@H](n2cc(-c3cc(F)c(Cl)c(F)c3)nn2)[C@@H](O)[C@@H](CO)O[C@H]1S[C@@H]1COC[C@H](n2cc(-c3cncnc3)nn2)[C@H]1O. The van der Waals surface area contributed by atoms with Gasteiger partial charge in [0, 0.05) is 30.6 Å². The molecule has 8 atom stereocenters. The molecule has 18 heteroatoms. The molecule has 3 N–H and O–H groups in total. The lowest BCUT2D eigenvalue weighted by Crippen LogP contribution is -2.56. The first-order valence-corrected chi connectivity index (χ1v) is 14.7. The maximum atomic E-state index is 14.1. The summed E-state index contributed by atoms with van der Waals surface area (Å²) < 4.78 is 48.7. The van der Waals surface area contributed by atoms with E-state index in [-0.39, 0.29) is 24.5 Å². The predicted molar refractivity (Wildman–Crippen MR) is 150 cm³/mol. The van der Waals surface area contributed by atoms with Crippen LogP contribution in [0.5, 0.6) is 0 Å². The van der Waals surface area contributed by atoms with Gasteiger partial charge in [0.25, 0.3) is 0 Å². The number of nitrogens with zero attached hydrogens (tertiary/aromatic N) is 8. The lowest BCUT2D eigenvalue weighted by Gasteiger charge is -2.45. The Balaban J connectivity index is 1.23. The highest BCUT2D eigenvalue weighted by Crippen LogP contribution is 2.41. The van der Waals surface area contributed by atoms with E-state index >= 15 is 0 Å². The van der Waals surface area contributed by atoms with Crippen LogP contribution < -0.4 is 0 Å². The van der Waals surface area contributed by atoms with Crippen molar-refractivity contribution in [2.45, 2.75) is 47.2 Å². The van der Waals surface area contributed by atoms with E-state index in [0.29, 0.717) is 11.3 Å². The Morgan fingerprint density at radius 1 is 1.00 bits per heavy atom. The molecule has 44 heavy (non-hydrogen) atoms. The van der Waals surface area contributed by atoms with Gasteiger partial charge in [-0.25, -0.2) is 28.1 Å². The van der Waals surface area contributed by atoms with Gasteiger partial charge in [-0.2, -0.15) is 0 Å². The molecule has 3 aromatic heterocycles. The average molecular weight is 653 g/mol. The normalized spacial score (nSPS) is 29.2. The largest absolute Gasteiger partial charge is 0.394 e. The smallest absolute Gasteiger partial charge is 0.145 e. The Labute approximate surface area is 257 Å². The second kappa shape index (κ2) is 13.1. The summed E-state index contributed by atoms with van der Waals surface area (Å²) in [6, 6.07) is 0.533. The molecule has 14 nitrogen and oxygen atoms in total. The molecule has 2 aliphatic heterocycles. The van der Waals surface area contributed by atoms with Crippen LogP contribution in [0.15, 0.2) is 43.2 Å². The zero-order valence-electron chi connectivity index (χ0n) is 23.0. The third kappa shape index (κ3) is 5.93. The van der Waals surface area contributed by atoms with Gasteiger partial charge in [-0.15, -0.1) is 22.0 Å². The molecule has 0 spiro atoms. The molecule has 0 bridgehead atoms. The second-order valence-electron chi connectivity index (χ2n) is 10.2. The quantitative estimate of drug-likeness (QED) is 0.232. The maximum Gasteiger partial charge on any atom is 0.145 e. The third-order valence-electron chi connectivity index (χ3n) is 7.55. The van der Waals surface area contributed by atoms with Crippen LogP contribution in [0.25, 0.3) is 22.5 Å². The molecule has 4 aromatic rings.